The number of nitroso groups, excluding NO2 is 1. The first-order chi connectivity index (χ1) is 4.00. The number of carbonyl (C=O) groups excluding carboxylic acids is 1. The topological polar surface area (TPSA) is 72.5 Å². The number of halogens is 2. The van der Waals surface area contributed by atoms with Crippen LogP contribution >= 0.6 is 31.9 Å². The van der Waals surface area contributed by atoms with Crippen LogP contribution in [-0.2, 0) is 4.79 Å². The Hall–Kier alpha value is 0.0300. The van der Waals surface area contributed by atoms with Crippen LogP contribution in [0.4, 0.5) is 0 Å². The highest BCUT2D eigenvalue weighted by Gasteiger charge is 2.30. The number of hydrogen-bond donors (Lipinski definition) is 1. The zero-order valence-electron chi connectivity index (χ0n) is 4.30. The minimum Gasteiger partial charge on any atom is -0.368 e. The van der Waals surface area contributed by atoms with E-state index in [1.54, 1.807) is 0 Å². The minimum atomic E-state index is -1.16. The monoisotopic (exact) mass is 258 g/mol. The highest BCUT2D eigenvalue weighted by atomic mass is 79.9. The summed E-state index contributed by atoms with van der Waals surface area (Å²) in [5, 5.41) is 2.48. The summed E-state index contributed by atoms with van der Waals surface area (Å²) < 4.78 is -1.16. The fourth-order valence-electron chi connectivity index (χ4n) is 0.159. The van der Waals surface area contributed by atoms with Gasteiger partial charge >= 0.3 is 0 Å². The Labute approximate surface area is 68.4 Å². The van der Waals surface area contributed by atoms with E-state index < -0.39 is 9.14 Å². The van der Waals surface area contributed by atoms with Crippen molar-refractivity contribution in [1.29, 1.82) is 0 Å². The molecule has 6 heteroatoms. The smallest absolute Gasteiger partial charge is 0.247 e. The van der Waals surface area contributed by atoms with Crippen molar-refractivity contribution < 1.29 is 4.79 Å². The summed E-state index contributed by atoms with van der Waals surface area (Å²) in [5.74, 6) is -0.665. The van der Waals surface area contributed by atoms with Crippen LogP contribution in [0.2, 0.25) is 0 Å². The Morgan fingerprint density at radius 3 is 2.22 bits per heavy atom. The number of hydrogen-bond acceptors (Lipinski definition) is 3. The van der Waals surface area contributed by atoms with Crippen molar-refractivity contribution in [3.8, 4) is 0 Å². The summed E-state index contributed by atoms with van der Waals surface area (Å²) in [6.07, 6.45) is 0. The summed E-state index contributed by atoms with van der Waals surface area (Å²) in [7, 11) is 0. The molecular formula is C3H4Br2N2O2. The van der Waals surface area contributed by atoms with Gasteiger partial charge in [0.15, 0.2) is 3.23 Å². The Morgan fingerprint density at radius 2 is 2.11 bits per heavy atom. The molecule has 0 radical (unpaired) electrons. The van der Waals surface area contributed by atoms with Crippen molar-refractivity contribution in [1.82, 2.24) is 0 Å². The van der Waals surface area contributed by atoms with Gasteiger partial charge in [0.05, 0.1) is 0 Å². The van der Waals surface area contributed by atoms with Gasteiger partial charge in [0, 0.05) is 0 Å². The molecule has 0 saturated carbocycles. The largest absolute Gasteiger partial charge is 0.368 e. The molecule has 0 aliphatic heterocycles. The van der Waals surface area contributed by atoms with E-state index >= 15 is 0 Å². The minimum absolute atomic E-state index is 0.220. The maximum Gasteiger partial charge on any atom is 0.247 e. The molecular weight excluding hydrogens is 256 g/mol. The molecule has 0 spiro atoms. The van der Waals surface area contributed by atoms with E-state index in [0.29, 0.717) is 0 Å². The molecule has 0 aliphatic carbocycles. The fraction of sp³-hybridized carbons (Fsp3) is 0.667. The summed E-state index contributed by atoms with van der Waals surface area (Å²) in [4.78, 5) is 19.9. The van der Waals surface area contributed by atoms with E-state index in [2.05, 4.69) is 37.0 Å². The lowest BCUT2D eigenvalue weighted by atomic mass is 10.4. The lowest BCUT2D eigenvalue weighted by molar-refractivity contribution is -0.117. The third-order valence-corrected chi connectivity index (χ3v) is 1.91. The molecule has 0 bridgehead atoms. The Balaban J connectivity index is 4.00. The van der Waals surface area contributed by atoms with Gasteiger partial charge in [-0.05, 0) is 0 Å². The SMILES string of the molecule is NC(=O)C(Br)(Br)CN=O. The van der Waals surface area contributed by atoms with E-state index in [9.17, 15) is 9.70 Å². The number of amides is 1. The molecule has 0 fully saturated rings. The molecule has 0 atom stereocenters. The highest BCUT2D eigenvalue weighted by molar-refractivity contribution is 9.26. The zero-order chi connectivity index (χ0) is 7.49. The molecule has 0 heterocycles. The second-order valence-corrected chi connectivity index (χ2v) is 5.13. The summed E-state index contributed by atoms with van der Waals surface area (Å²) in [5.41, 5.74) is 4.82. The van der Waals surface area contributed by atoms with Gasteiger partial charge < -0.3 is 5.73 Å². The summed E-state index contributed by atoms with van der Waals surface area (Å²) in [6, 6.07) is 0. The molecule has 0 aliphatic rings. The van der Waals surface area contributed by atoms with E-state index in [0.717, 1.165) is 0 Å². The Kier molecular flexibility index (Phi) is 3.27. The third-order valence-electron chi connectivity index (χ3n) is 0.624. The van der Waals surface area contributed by atoms with E-state index in [4.69, 9.17) is 5.73 Å². The van der Waals surface area contributed by atoms with Crippen molar-refractivity contribution in [2.24, 2.45) is 10.9 Å². The van der Waals surface area contributed by atoms with Gasteiger partial charge in [-0.3, -0.25) is 4.79 Å². The first-order valence-electron chi connectivity index (χ1n) is 1.97. The van der Waals surface area contributed by atoms with Crippen LogP contribution in [0.15, 0.2) is 5.18 Å². The van der Waals surface area contributed by atoms with Gasteiger partial charge in [-0.2, -0.15) is 4.91 Å². The van der Waals surface area contributed by atoms with E-state index in [1.165, 1.54) is 0 Å². The molecule has 0 aromatic carbocycles. The zero-order valence-corrected chi connectivity index (χ0v) is 7.48. The highest BCUT2D eigenvalue weighted by Crippen LogP contribution is 2.25. The van der Waals surface area contributed by atoms with Crippen molar-refractivity contribution >= 4 is 37.8 Å². The first kappa shape index (κ1) is 9.03. The first-order valence-corrected chi connectivity index (χ1v) is 3.56. The Bertz CT molecular complexity index is 136. The molecule has 4 nitrogen and oxygen atoms in total. The molecule has 1 amide bonds. The number of alkyl halides is 2. The average molecular weight is 260 g/mol. The van der Waals surface area contributed by atoms with E-state index in [-0.39, 0.29) is 6.54 Å². The van der Waals surface area contributed by atoms with Gasteiger partial charge in [-0.1, -0.05) is 37.0 Å². The van der Waals surface area contributed by atoms with Crippen molar-refractivity contribution in [2.45, 2.75) is 3.23 Å². The van der Waals surface area contributed by atoms with Gasteiger partial charge in [0.2, 0.25) is 5.91 Å². The maximum absolute atomic E-state index is 10.3. The van der Waals surface area contributed by atoms with Gasteiger partial charge in [0.25, 0.3) is 0 Å². The second kappa shape index (κ2) is 3.26. The number of carbonyl (C=O) groups is 1. The van der Waals surface area contributed by atoms with Crippen LogP contribution in [0.5, 0.6) is 0 Å². The molecule has 0 rings (SSSR count). The molecule has 0 unspecified atom stereocenters. The van der Waals surface area contributed by atoms with Gasteiger partial charge in [-0.25, -0.2) is 0 Å². The molecule has 9 heavy (non-hydrogen) atoms. The predicted molar refractivity (Wildman–Crippen MR) is 40.4 cm³/mol. The van der Waals surface area contributed by atoms with Crippen LogP contribution in [-0.4, -0.2) is 15.7 Å². The van der Waals surface area contributed by atoms with Crippen molar-refractivity contribution in [3.63, 3.8) is 0 Å². The van der Waals surface area contributed by atoms with Crippen LogP contribution in [0, 0.1) is 4.91 Å². The summed E-state index contributed by atoms with van der Waals surface area (Å²) in [6.45, 7) is -0.220. The maximum atomic E-state index is 10.3. The normalized spacial score (nSPS) is 10.9. The van der Waals surface area contributed by atoms with Crippen LogP contribution in [0.25, 0.3) is 0 Å². The van der Waals surface area contributed by atoms with Crippen molar-refractivity contribution in [3.05, 3.63) is 4.91 Å². The van der Waals surface area contributed by atoms with Gasteiger partial charge in [-0.15, -0.1) is 0 Å². The summed E-state index contributed by atoms with van der Waals surface area (Å²) >= 11 is 5.71. The number of rotatable bonds is 3. The standard InChI is InChI=1S/C3H4Br2N2O2/c4-3(5,1-7-9)2(6)8/h1H2,(H2,6,8). The third kappa shape index (κ3) is 2.90. The fourth-order valence-corrected chi connectivity index (χ4v) is 0.364. The van der Waals surface area contributed by atoms with Crippen molar-refractivity contribution in [2.75, 3.05) is 6.54 Å². The number of nitrogens with zero attached hydrogens (tertiary/aromatic N) is 1. The lowest BCUT2D eigenvalue weighted by Crippen LogP contribution is -2.34. The van der Waals surface area contributed by atoms with Gasteiger partial charge in [0.1, 0.15) is 6.54 Å². The average Bonchev–Trinajstić information content (AvgIpc) is 1.65. The molecule has 0 aromatic heterocycles. The van der Waals surface area contributed by atoms with Crippen LogP contribution in [0.1, 0.15) is 0 Å². The molecule has 0 saturated heterocycles. The predicted octanol–water partition coefficient (Wildman–Crippen LogP) is 0.724. The quantitative estimate of drug-likeness (QED) is 0.599. The van der Waals surface area contributed by atoms with Crippen LogP contribution in [0.3, 0.4) is 0 Å². The molecule has 0 aromatic rings. The lowest BCUT2D eigenvalue weighted by Gasteiger charge is -2.09. The second-order valence-electron chi connectivity index (χ2n) is 1.36. The Morgan fingerprint density at radius 1 is 1.67 bits per heavy atom. The van der Waals surface area contributed by atoms with E-state index in [1.807, 2.05) is 0 Å². The molecule has 2 N–H and O–H groups in total. The van der Waals surface area contributed by atoms with Crippen LogP contribution < -0.4 is 5.73 Å². The number of primary amides is 1. The molecule has 52 valence electrons. The number of nitrogens with two attached hydrogens (primary N) is 1.